The standard InChI is InChI=1S/C8H8BFO/c9-5-6-11-8-4-2-1-3-7(8)10/h1-4H,5-6H2. The molecular weight excluding hydrogens is 142 g/mol. The van der Waals surface area contributed by atoms with Crippen LogP contribution in [0.25, 0.3) is 0 Å². The first-order chi connectivity index (χ1) is 5.34. The number of rotatable bonds is 3. The van der Waals surface area contributed by atoms with Crippen molar-refractivity contribution in [1.82, 2.24) is 0 Å². The molecule has 3 heteroatoms. The van der Waals surface area contributed by atoms with Crippen molar-refractivity contribution in [3.63, 3.8) is 0 Å². The van der Waals surface area contributed by atoms with Crippen molar-refractivity contribution in [1.29, 1.82) is 0 Å². The zero-order chi connectivity index (χ0) is 8.10. The normalized spacial score (nSPS) is 9.55. The Kier molecular flexibility index (Phi) is 2.96. The highest BCUT2D eigenvalue weighted by Gasteiger charge is 1.98. The summed E-state index contributed by atoms with van der Waals surface area (Å²) in [7, 11) is 5.18. The lowest BCUT2D eigenvalue weighted by atomic mass is 10.1. The van der Waals surface area contributed by atoms with Crippen LogP contribution < -0.4 is 4.74 Å². The molecule has 0 atom stereocenters. The van der Waals surface area contributed by atoms with E-state index in [-0.39, 0.29) is 11.6 Å². The number of ether oxygens (including phenoxy) is 1. The van der Waals surface area contributed by atoms with E-state index in [0.29, 0.717) is 12.9 Å². The fourth-order valence-electron chi connectivity index (χ4n) is 0.731. The number of para-hydroxylation sites is 1. The van der Waals surface area contributed by atoms with E-state index in [9.17, 15) is 4.39 Å². The molecule has 0 aromatic heterocycles. The van der Waals surface area contributed by atoms with E-state index in [1.807, 2.05) is 0 Å². The first-order valence-electron chi connectivity index (χ1n) is 3.42. The number of hydrogen-bond donors (Lipinski definition) is 0. The molecule has 0 fully saturated rings. The van der Waals surface area contributed by atoms with E-state index in [1.165, 1.54) is 6.07 Å². The monoisotopic (exact) mass is 150 g/mol. The van der Waals surface area contributed by atoms with E-state index in [0.717, 1.165) is 0 Å². The third kappa shape index (κ3) is 2.26. The predicted octanol–water partition coefficient (Wildman–Crippen LogP) is 1.79. The molecule has 0 saturated heterocycles. The molecule has 0 bridgehead atoms. The molecule has 0 heterocycles. The van der Waals surface area contributed by atoms with Gasteiger partial charge in [-0.2, -0.15) is 0 Å². The summed E-state index contributed by atoms with van der Waals surface area (Å²) in [5.74, 6) is -0.0844. The molecule has 0 amide bonds. The molecule has 2 radical (unpaired) electrons. The van der Waals surface area contributed by atoms with Crippen LogP contribution in [0.2, 0.25) is 6.32 Å². The molecule has 0 spiro atoms. The summed E-state index contributed by atoms with van der Waals surface area (Å²) in [6, 6.07) is 6.26. The molecule has 0 aliphatic carbocycles. The van der Waals surface area contributed by atoms with Crippen LogP contribution in [-0.2, 0) is 0 Å². The maximum atomic E-state index is 12.7. The molecule has 56 valence electrons. The first-order valence-corrected chi connectivity index (χ1v) is 3.42. The number of hydrogen-bond acceptors (Lipinski definition) is 1. The second-order valence-electron chi connectivity index (χ2n) is 2.07. The molecule has 11 heavy (non-hydrogen) atoms. The Morgan fingerprint density at radius 1 is 1.36 bits per heavy atom. The quantitative estimate of drug-likeness (QED) is 0.596. The van der Waals surface area contributed by atoms with Gasteiger partial charge in [-0.15, -0.1) is 0 Å². The molecule has 1 aromatic carbocycles. The van der Waals surface area contributed by atoms with Crippen molar-refractivity contribution in [2.24, 2.45) is 0 Å². The van der Waals surface area contributed by atoms with Crippen molar-refractivity contribution in [2.45, 2.75) is 6.32 Å². The summed E-state index contributed by atoms with van der Waals surface area (Å²) in [4.78, 5) is 0. The van der Waals surface area contributed by atoms with Crippen LogP contribution in [-0.4, -0.2) is 14.5 Å². The minimum atomic E-state index is -0.346. The van der Waals surface area contributed by atoms with Gasteiger partial charge in [0.25, 0.3) is 0 Å². The molecule has 1 aromatic rings. The zero-order valence-electron chi connectivity index (χ0n) is 6.09. The van der Waals surface area contributed by atoms with Crippen LogP contribution >= 0.6 is 0 Å². The molecular formula is C8H8BFO. The van der Waals surface area contributed by atoms with Gasteiger partial charge < -0.3 is 4.74 Å². The predicted molar refractivity (Wildman–Crippen MR) is 42.5 cm³/mol. The van der Waals surface area contributed by atoms with Gasteiger partial charge in [-0.05, 0) is 12.1 Å². The second kappa shape index (κ2) is 4.01. The van der Waals surface area contributed by atoms with Crippen molar-refractivity contribution in [3.05, 3.63) is 30.1 Å². The van der Waals surface area contributed by atoms with Crippen molar-refractivity contribution in [2.75, 3.05) is 6.61 Å². The summed E-state index contributed by atoms with van der Waals surface area (Å²) in [6.07, 6.45) is 0.397. The van der Waals surface area contributed by atoms with Crippen molar-refractivity contribution in [3.8, 4) is 5.75 Å². The third-order valence-corrected chi connectivity index (χ3v) is 1.21. The summed E-state index contributed by atoms with van der Waals surface area (Å²) < 4.78 is 17.7. The number of benzene rings is 1. The third-order valence-electron chi connectivity index (χ3n) is 1.21. The average Bonchev–Trinajstić information content (AvgIpc) is 2.03. The first kappa shape index (κ1) is 8.11. The van der Waals surface area contributed by atoms with Gasteiger partial charge in [-0.1, -0.05) is 18.5 Å². The van der Waals surface area contributed by atoms with Gasteiger partial charge in [-0.25, -0.2) is 4.39 Å². The Bertz CT molecular complexity index is 227. The molecule has 0 unspecified atom stereocenters. The lowest BCUT2D eigenvalue weighted by Gasteiger charge is -2.03. The summed E-state index contributed by atoms with van der Waals surface area (Å²) in [5.41, 5.74) is 0. The molecule has 0 aliphatic heterocycles. The van der Waals surface area contributed by atoms with Gasteiger partial charge >= 0.3 is 0 Å². The largest absolute Gasteiger partial charge is 0.491 e. The van der Waals surface area contributed by atoms with E-state index in [2.05, 4.69) is 0 Å². The van der Waals surface area contributed by atoms with Gasteiger partial charge in [-0.3, -0.25) is 0 Å². The van der Waals surface area contributed by atoms with Gasteiger partial charge in [0.15, 0.2) is 11.6 Å². The van der Waals surface area contributed by atoms with E-state index >= 15 is 0 Å². The van der Waals surface area contributed by atoms with E-state index in [1.54, 1.807) is 18.2 Å². The van der Waals surface area contributed by atoms with E-state index < -0.39 is 0 Å². The van der Waals surface area contributed by atoms with Crippen LogP contribution in [0.4, 0.5) is 4.39 Å². The minimum absolute atomic E-state index is 0.262. The maximum Gasteiger partial charge on any atom is 0.165 e. The average molecular weight is 150 g/mol. The minimum Gasteiger partial charge on any atom is -0.491 e. The smallest absolute Gasteiger partial charge is 0.165 e. The van der Waals surface area contributed by atoms with Gasteiger partial charge in [0.2, 0.25) is 0 Å². The van der Waals surface area contributed by atoms with Crippen molar-refractivity contribution >= 4 is 7.85 Å². The summed E-state index contributed by atoms with van der Waals surface area (Å²) in [5, 5.41) is 0. The Hall–Kier alpha value is -0.985. The van der Waals surface area contributed by atoms with Crippen LogP contribution in [0.1, 0.15) is 0 Å². The van der Waals surface area contributed by atoms with Crippen LogP contribution in [0.3, 0.4) is 0 Å². The Morgan fingerprint density at radius 3 is 2.73 bits per heavy atom. The Morgan fingerprint density at radius 2 is 2.09 bits per heavy atom. The van der Waals surface area contributed by atoms with Crippen LogP contribution in [0, 0.1) is 5.82 Å². The molecule has 0 aliphatic rings. The van der Waals surface area contributed by atoms with Crippen LogP contribution in [0.5, 0.6) is 5.75 Å². The maximum absolute atomic E-state index is 12.7. The SMILES string of the molecule is [B]CCOc1ccccc1F. The second-order valence-corrected chi connectivity index (χ2v) is 2.07. The highest BCUT2D eigenvalue weighted by Crippen LogP contribution is 2.14. The zero-order valence-corrected chi connectivity index (χ0v) is 6.09. The summed E-state index contributed by atoms with van der Waals surface area (Å²) in [6.45, 7) is 0.348. The van der Waals surface area contributed by atoms with E-state index in [4.69, 9.17) is 12.6 Å². The highest BCUT2D eigenvalue weighted by molar-refractivity contribution is 6.08. The molecule has 1 nitrogen and oxygen atoms in total. The highest BCUT2D eigenvalue weighted by atomic mass is 19.1. The Balaban J connectivity index is 2.62. The van der Waals surface area contributed by atoms with Gasteiger partial charge in [0, 0.05) is 0 Å². The lowest BCUT2D eigenvalue weighted by molar-refractivity contribution is 0.322. The fraction of sp³-hybridized carbons (Fsp3) is 0.250. The van der Waals surface area contributed by atoms with Crippen LogP contribution in [0.15, 0.2) is 24.3 Å². The summed E-state index contributed by atoms with van der Waals surface area (Å²) >= 11 is 0. The fourth-order valence-corrected chi connectivity index (χ4v) is 0.731. The van der Waals surface area contributed by atoms with Gasteiger partial charge in [0.1, 0.15) is 0 Å². The lowest BCUT2D eigenvalue weighted by Crippen LogP contribution is -1.97. The molecule has 1 rings (SSSR count). The van der Waals surface area contributed by atoms with Gasteiger partial charge in [0.05, 0.1) is 14.5 Å². The topological polar surface area (TPSA) is 9.23 Å². The van der Waals surface area contributed by atoms with Crippen molar-refractivity contribution < 1.29 is 9.13 Å². The molecule has 0 saturated carbocycles. The Labute approximate surface area is 66.6 Å². The molecule has 0 N–H and O–H groups in total. The number of halogens is 1.